The van der Waals surface area contributed by atoms with E-state index in [1.54, 1.807) is 0 Å². The van der Waals surface area contributed by atoms with E-state index in [4.69, 9.17) is 34.8 Å². The minimum Gasteiger partial charge on any atom is -0.273 e. The van der Waals surface area contributed by atoms with Crippen molar-refractivity contribution in [3.63, 3.8) is 0 Å². The zero-order valence-electron chi connectivity index (χ0n) is 33.8. The molecular weight excluding hydrogens is 893 g/mol. The van der Waals surface area contributed by atoms with Gasteiger partial charge in [0.1, 0.15) is 0 Å². The van der Waals surface area contributed by atoms with E-state index in [0.717, 1.165) is 27.9 Å². The van der Waals surface area contributed by atoms with Crippen LogP contribution in [0, 0.1) is 6.08 Å². The van der Waals surface area contributed by atoms with E-state index in [9.17, 15) is 0 Å². The molecule has 0 aliphatic heterocycles. The quantitative estimate of drug-likeness (QED) is 0.151. The second kappa shape index (κ2) is 20.9. The van der Waals surface area contributed by atoms with Crippen molar-refractivity contribution >= 4 is 84.4 Å². The fraction of sp³-hybridized carbons (Fsp3) is 0.192. The summed E-state index contributed by atoms with van der Waals surface area (Å²) in [5, 5.41) is 7.49. The number of halogens is 5. The van der Waals surface area contributed by atoms with Crippen LogP contribution >= 0.6 is 59.6 Å². The molecule has 0 saturated heterocycles. The van der Waals surface area contributed by atoms with Gasteiger partial charge in [0.15, 0.2) is 0 Å². The SMILES string of the molecule is CC(C)(C)c1cc2c(cc1-c1ccc(Cl)cc1)[cH-]c1cc(-c3ccc(Cl)cc3)c(C(C)(C)C)cc12.Cl.Cl.Clc1ccc(C[C](=[Zr+2])c2ccccc2)cc1.[C-]1=CC=CC1. The Kier molecular flexibility index (Phi) is 17.1. The largest absolute Gasteiger partial charge is 0.273 e. The maximum Gasteiger partial charge on any atom is -0.109 e. The predicted octanol–water partition coefficient (Wildman–Crippen LogP) is 16.7. The molecule has 0 N–H and O–H groups in total. The normalized spacial score (nSPS) is 11.9. The Morgan fingerprint density at radius 3 is 1.40 bits per heavy atom. The van der Waals surface area contributed by atoms with Gasteiger partial charge in [-0.05, 0) is 68.5 Å². The van der Waals surface area contributed by atoms with Crippen LogP contribution < -0.4 is 0 Å². The van der Waals surface area contributed by atoms with E-state index in [1.807, 2.05) is 48.6 Å². The molecule has 0 spiro atoms. The molecule has 0 atom stereocenters. The molecule has 0 heterocycles. The third-order valence-electron chi connectivity index (χ3n) is 9.91. The molecule has 6 heteroatoms. The van der Waals surface area contributed by atoms with E-state index in [2.05, 4.69) is 151 Å². The Morgan fingerprint density at radius 1 is 0.603 bits per heavy atom. The van der Waals surface area contributed by atoms with Gasteiger partial charge in [-0.2, -0.15) is 6.08 Å². The molecule has 0 amide bonds. The van der Waals surface area contributed by atoms with Crippen molar-refractivity contribution in [2.75, 3.05) is 0 Å². The summed E-state index contributed by atoms with van der Waals surface area (Å²) in [5.74, 6) is 0. The van der Waals surface area contributed by atoms with Gasteiger partial charge in [-0.25, -0.2) is 12.2 Å². The summed E-state index contributed by atoms with van der Waals surface area (Å²) in [5.41, 5.74) is 10.3. The van der Waals surface area contributed by atoms with Crippen molar-refractivity contribution in [3.05, 3.63) is 195 Å². The van der Waals surface area contributed by atoms with Crippen LogP contribution in [0.2, 0.25) is 15.1 Å². The maximum atomic E-state index is 6.20. The zero-order valence-corrected chi connectivity index (χ0v) is 40.2. The molecule has 0 radical (unpaired) electrons. The average Bonchev–Trinajstić information content (AvgIpc) is 3.87. The van der Waals surface area contributed by atoms with E-state index >= 15 is 0 Å². The molecule has 296 valence electrons. The van der Waals surface area contributed by atoms with Crippen LogP contribution in [0.1, 0.15) is 70.2 Å². The summed E-state index contributed by atoms with van der Waals surface area (Å²) in [4.78, 5) is 0. The van der Waals surface area contributed by atoms with Crippen LogP contribution in [-0.2, 0) is 41.5 Å². The fourth-order valence-electron chi connectivity index (χ4n) is 6.97. The molecule has 0 saturated carbocycles. The molecule has 58 heavy (non-hydrogen) atoms. The number of hydrogen-bond donors (Lipinski definition) is 0. The Morgan fingerprint density at radius 2 is 1.03 bits per heavy atom. The maximum absolute atomic E-state index is 6.20. The topological polar surface area (TPSA) is 0 Å². The molecule has 7 aromatic rings. The van der Waals surface area contributed by atoms with Gasteiger partial charge in [0.2, 0.25) is 0 Å². The Balaban J connectivity index is 0.000000268. The molecule has 0 unspecified atom stereocenters. The second-order valence-electron chi connectivity index (χ2n) is 16.3. The summed E-state index contributed by atoms with van der Waals surface area (Å²) >= 11 is 19.7. The first-order valence-corrected chi connectivity index (χ1v) is 21.4. The predicted molar refractivity (Wildman–Crippen MR) is 257 cm³/mol. The summed E-state index contributed by atoms with van der Waals surface area (Å²) in [6.07, 6.45) is 11.0. The second-order valence-corrected chi connectivity index (χ2v) is 19.1. The Hall–Kier alpha value is -3.13. The van der Waals surface area contributed by atoms with Crippen molar-refractivity contribution in [3.8, 4) is 22.3 Å². The molecule has 1 aliphatic rings. The van der Waals surface area contributed by atoms with E-state index in [-0.39, 0.29) is 35.6 Å². The molecular formula is C52H49Cl5Zr. The third kappa shape index (κ3) is 12.2. The van der Waals surface area contributed by atoms with Crippen molar-refractivity contribution in [2.45, 2.75) is 65.2 Å². The van der Waals surface area contributed by atoms with Crippen molar-refractivity contribution in [2.24, 2.45) is 0 Å². The van der Waals surface area contributed by atoms with Crippen LogP contribution in [0.4, 0.5) is 0 Å². The Bertz CT molecular complexity index is 2370. The van der Waals surface area contributed by atoms with Gasteiger partial charge in [0, 0.05) is 10.0 Å². The van der Waals surface area contributed by atoms with Crippen molar-refractivity contribution in [1.29, 1.82) is 0 Å². The minimum absolute atomic E-state index is 0. The number of rotatable bonds is 5. The number of allylic oxidation sites excluding steroid dienone is 4. The summed E-state index contributed by atoms with van der Waals surface area (Å²) in [6, 6.07) is 46.9. The molecule has 8 rings (SSSR count). The standard InChI is InChI=1S/C33H31Cl2.C14H11Cl.C5H5.2ClH.Zr/c1-32(2,3)30-18-26-22(16-28(30)20-7-11-24(34)12-8-20)15-23-17-29(21-9-13-25(35)14-10-21)31(19-27(23)26)33(4,5)6;15-14-10-8-13(9-11-14)7-6-12-4-2-1-3-5-12;1-2-4-5-3-1;;;/h7-19H,1-6H3;1-5,8-11H,7H2;1-3H,4H2;2*1H;/q-1;;-1;;;+2. The van der Waals surface area contributed by atoms with Gasteiger partial charge in [-0.1, -0.05) is 101 Å². The molecule has 7 aromatic carbocycles. The number of hydrogen-bond acceptors (Lipinski definition) is 0. The van der Waals surface area contributed by atoms with E-state index in [0.29, 0.717) is 0 Å². The van der Waals surface area contributed by atoms with Crippen LogP contribution in [0.15, 0.2) is 152 Å². The minimum atomic E-state index is 0. The first-order valence-electron chi connectivity index (χ1n) is 19.0. The van der Waals surface area contributed by atoms with Crippen molar-refractivity contribution < 1.29 is 24.2 Å². The van der Waals surface area contributed by atoms with Crippen molar-refractivity contribution in [1.82, 2.24) is 0 Å². The monoisotopic (exact) mass is 938 g/mol. The third-order valence-corrected chi connectivity index (χ3v) is 11.8. The molecule has 0 bridgehead atoms. The smallest absolute Gasteiger partial charge is 0.109 e. The first-order chi connectivity index (χ1) is 26.7. The van der Waals surface area contributed by atoms with E-state index < -0.39 is 0 Å². The van der Waals surface area contributed by atoms with E-state index in [1.165, 1.54) is 93.5 Å². The van der Waals surface area contributed by atoms with Gasteiger partial charge in [0.25, 0.3) is 0 Å². The van der Waals surface area contributed by atoms with Gasteiger partial charge < -0.3 is 0 Å². The fourth-order valence-corrected chi connectivity index (χ4v) is 8.26. The summed E-state index contributed by atoms with van der Waals surface area (Å²) in [7, 11) is 0. The number of fused-ring (bicyclic) bond motifs is 3. The summed E-state index contributed by atoms with van der Waals surface area (Å²) < 4.78 is 1.47. The first kappa shape index (κ1) is 47.5. The molecule has 0 fully saturated rings. The average molecular weight is 942 g/mol. The van der Waals surface area contributed by atoms with Gasteiger partial charge in [0.05, 0.1) is 0 Å². The van der Waals surface area contributed by atoms with Gasteiger partial charge in [-0.15, -0.1) is 71.0 Å². The molecule has 0 nitrogen and oxygen atoms in total. The number of benzene rings is 6. The van der Waals surface area contributed by atoms with Gasteiger partial charge in [-0.3, -0.25) is 6.08 Å². The Labute approximate surface area is 387 Å². The van der Waals surface area contributed by atoms with Crippen LogP contribution in [-0.4, -0.2) is 3.21 Å². The molecule has 1 aliphatic carbocycles. The van der Waals surface area contributed by atoms with Crippen LogP contribution in [0.3, 0.4) is 0 Å². The summed E-state index contributed by atoms with van der Waals surface area (Å²) in [6.45, 7) is 13.7. The molecule has 0 aromatic heterocycles. The zero-order chi connectivity index (χ0) is 40.0. The van der Waals surface area contributed by atoms with Crippen LogP contribution in [0.5, 0.6) is 0 Å². The van der Waals surface area contributed by atoms with Gasteiger partial charge >= 0.3 is 116 Å². The van der Waals surface area contributed by atoms with Crippen LogP contribution in [0.25, 0.3) is 43.8 Å².